The van der Waals surface area contributed by atoms with E-state index in [1.54, 1.807) is 18.7 Å². The summed E-state index contributed by atoms with van der Waals surface area (Å²) in [6.45, 7) is 1.80. The van der Waals surface area contributed by atoms with Crippen LogP contribution in [0.4, 0.5) is 0 Å². The van der Waals surface area contributed by atoms with Crippen molar-refractivity contribution >= 4 is 38.5 Å². The standard InChI is InChI=1S/C18H15BrOS/c1-12(20)17-4-2-3-5-18(17)21-16-9-7-13-10-15(19)8-6-14(13)11-16/h2-12,20H,1H3/t12-/m0/s1. The quantitative estimate of drug-likeness (QED) is 0.637. The van der Waals surface area contributed by atoms with Crippen LogP contribution in [0.25, 0.3) is 10.8 Å². The molecule has 0 spiro atoms. The van der Waals surface area contributed by atoms with E-state index >= 15 is 0 Å². The van der Waals surface area contributed by atoms with E-state index in [0.29, 0.717) is 0 Å². The monoisotopic (exact) mass is 358 g/mol. The van der Waals surface area contributed by atoms with Gasteiger partial charge >= 0.3 is 0 Å². The molecule has 0 amide bonds. The summed E-state index contributed by atoms with van der Waals surface area (Å²) in [7, 11) is 0. The first-order valence-corrected chi connectivity index (χ1v) is 8.38. The van der Waals surface area contributed by atoms with Gasteiger partial charge in [-0.2, -0.15) is 0 Å². The third kappa shape index (κ3) is 3.31. The van der Waals surface area contributed by atoms with Crippen molar-refractivity contribution in [2.24, 2.45) is 0 Å². The van der Waals surface area contributed by atoms with Crippen molar-refractivity contribution in [3.63, 3.8) is 0 Å². The minimum absolute atomic E-state index is 0.454. The summed E-state index contributed by atoms with van der Waals surface area (Å²) in [6, 6.07) is 20.7. The molecule has 3 heteroatoms. The number of aliphatic hydroxyl groups excluding tert-OH is 1. The number of hydrogen-bond acceptors (Lipinski definition) is 2. The molecule has 106 valence electrons. The molecule has 1 atom stereocenters. The molecule has 0 aliphatic carbocycles. The van der Waals surface area contributed by atoms with Crippen LogP contribution >= 0.6 is 27.7 Å². The van der Waals surface area contributed by atoms with Gasteiger partial charge in [0.2, 0.25) is 0 Å². The second kappa shape index (κ2) is 6.22. The Morgan fingerprint density at radius 1 is 0.952 bits per heavy atom. The molecule has 3 aromatic carbocycles. The molecule has 0 saturated heterocycles. The highest BCUT2D eigenvalue weighted by atomic mass is 79.9. The number of rotatable bonds is 3. The van der Waals surface area contributed by atoms with Crippen molar-refractivity contribution in [3.8, 4) is 0 Å². The zero-order valence-corrected chi connectivity index (χ0v) is 14.0. The van der Waals surface area contributed by atoms with Crippen LogP contribution in [0.3, 0.4) is 0 Å². The Morgan fingerprint density at radius 2 is 1.67 bits per heavy atom. The number of fused-ring (bicyclic) bond motifs is 1. The molecular formula is C18H15BrOS. The lowest BCUT2D eigenvalue weighted by molar-refractivity contribution is 0.196. The van der Waals surface area contributed by atoms with Crippen LogP contribution in [-0.4, -0.2) is 5.11 Å². The van der Waals surface area contributed by atoms with Crippen molar-refractivity contribution in [2.75, 3.05) is 0 Å². The fourth-order valence-electron chi connectivity index (χ4n) is 2.30. The van der Waals surface area contributed by atoms with E-state index in [1.165, 1.54) is 15.7 Å². The summed E-state index contributed by atoms with van der Waals surface area (Å²) < 4.78 is 1.09. The average Bonchev–Trinajstić information content (AvgIpc) is 2.48. The first-order valence-electron chi connectivity index (χ1n) is 6.77. The molecule has 0 heterocycles. The fourth-order valence-corrected chi connectivity index (χ4v) is 3.76. The first-order chi connectivity index (χ1) is 10.1. The topological polar surface area (TPSA) is 20.2 Å². The first kappa shape index (κ1) is 14.6. The highest BCUT2D eigenvalue weighted by molar-refractivity contribution is 9.10. The highest BCUT2D eigenvalue weighted by Crippen LogP contribution is 2.35. The Morgan fingerprint density at radius 3 is 2.48 bits per heavy atom. The van der Waals surface area contributed by atoms with Crippen molar-refractivity contribution < 1.29 is 5.11 Å². The van der Waals surface area contributed by atoms with E-state index in [9.17, 15) is 5.11 Å². The van der Waals surface area contributed by atoms with Crippen molar-refractivity contribution in [1.82, 2.24) is 0 Å². The Kier molecular flexibility index (Phi) is 4.34. The molecule has 1 N–H and O–H groups in total. The highest BCUT2D eigenvalue weighted by Gasteiger charge is 2.08. The van der Waals surface area contributed by atoms with Gasteiger partial charge in [0.25, 0.3) is 0 Å². The number of halogens is 1. The van der Waals surface area contributed by atoms with E-state index in [-0.39, 0.29) is 0 Å². The van der Waals surface area contributed by atoms with Gasteiger partial charge in [-0.25, -0.2) is 0 Å². The van der Waals surface area contributed by atoms with Gasteiger partial charge in [0, 0.05) is 14.3 Å². The van der Waals surface area contributed by atoms with Gasteiger partial charge in [0.05, 0.1) is 6.10 Å². The molecule has 0 bridgehead atoms. The Bertz CT molecular complexity index is 783. The van der Waals surface area contributed by atoms with Gasteiger partial charge < -0.3 is 5.11 Å². The maximum Gasteiger partial charge on any atom is 0.0772 e. The van der Waals surface area contributed by atoms with E-state index in [0.717, 1.165) is 14.9 Å². The summed E-state index contributed by atoms with van der Waals surface area (Å²) in [5, 5.41) is 12.3. The molecule has 0 saturated carbocycles. The average molecular weight is 359 g/mol. The second-order valence-electron chi connectivity index (χ2n) is 4.97. The summed E-state index contributed by atoms with van der Waals surface area (Å²) in [4.78, 5) is 2.28. The summed E-state index contributed by atoms with van der Waals surface area (Å²) in [6.07, 6.45) is -0.454. The normalized spacial score (nSPS) is 12.5. The summed E-state index contributed by atoms with van der Waals surface area (Å²) in [5.74, 6) is 0. The lowest BCUT2D eigenvalue weighted by Crippen LogP contribution is -1.93. The molecule has 0 unspecified atom stereocenters. The van der Waals surface area contributed by atoms with Crippen LogP contribution in [0.2, 0.25) is 0 Å². The largest absolute Gasteiger partial charge is 0.389 e. The molecule has 0 fully saturated rings. The Hall–Kier alpha value is -1.29. The van der Waals surface area contributed by atoms with Gasteiger partial charge in [-0.05, 0) is 53.6 Å². The van der Waals surface area contributed by atoms with Crippen LogP contribution in [0.1, 0.15) is 18.6 Å². The molecule has 3 rings (SSSR count). The molecule has 0 radical (unpaired) electrons. The van der Waals surface area contributed by atoms with Crippen molar-refractivity contribution in [3.05, 3.63) is 70.7 Å². The zero-order chi connectivity index (χ0) is 14.8. The minimum atomic E-state index is -0.454. The minimum Gasteiger partial charge on any atom is -0.389 e. The van der Waals surface area contributed by atoms with E-state index in [2.05, 4.69) is 58.4 Å². The van der Waals surface area contributed by atoms with Gasteiger partial charge in [0.1, 0.15) is 0 Å². The summed E-state index contributed by atoms with van der Waals surface area (Å²) in [5.41, 5.74) is 0.971. The molecule has 3 aromatic rings. The van der Waals surface area contributed by atoms with E-state index in [1.807, 2.05) is 18.2 Å². The van der Waals surface area contributed by atoms with Crippen molar-refractivity contribution in [1.29, 1.82) is 0 Å². The van der Waals surface area contributed by atoms with Crippen LogP contribution in [0.15, 0.2) is 74.9 Å². The van der Waals surface area contributed by atoms with Gasteiger partial charge in [-0.1, -0.05) is 58.0 Å². The van der Waals surface area contributed by atoms with E-state index in [4.69, 9.17) is 0 Å². The lowest BCUT2D eigenvalue weighted by Gasteiger charge is -2.11. The second-order valence-corrected chi connectivity index (χ2v) is 7.00. The molecule has 21 heavy (non-hydrogen) atoms. The van der Waals surface area contributed by atoms with Crippen LogP contribution in [0, 0.1) is 0 Å². The predicted molar refractivity (Wildman–Crippen MR) is 92.8 cm³/mol. The molecular weight excluding hydrogens is 344 g/mol. The molecule has 1 nitrogen and oxygen atoms in total. The summed E-state index contributed by atoms with van der Waals surface area (Å²) >= 11 is 5.19. The third-order valence-corrected chi connectivity index (χ3v) is 4.95. The number of benzene rings is 3. The molecule has 0 aliphatic heterocycles. The van der Waals surface area contributed by atoms with Gasteiger partial charge in [-0.15, -0.1) is 0 Å². The van der Waals surface area contributed by atoms with E-state index < -0.39 is 6.10 Å². The van der Waals surface area contributed by atoms with Crippen LogP contribution < -0.4 is 0 Å². The lowest BCUT2D eigenvalue weighted by atomic mass is 10.1. The third-order valence-electron chi connectivity index (χ3n) is 3.37. The molecule has 0 aromatic heterocycles. The van der Waals surface area contributed by atoms with Crippen LogP contribution in [-0.2, 0) is 0 Å². The zero-order valence-electron chi connectivity index (χ0n) is 11.6. The van der Waals surface area contributed by atoms with Crippen molar-refractivity contribution in [2.45, 2.75) is 22.8 Å². The molecule has 0 aliphatic rings. The van der Waals surface area contributed by atoms with Crippen LogP contribution in [0.5, 0.6) is 0 Å². The number of aliphatic hydroxyl groups is 1. The maximum absolute atomic E-state index is 9.87. The number of hydrogen-bond donors (Lipinski definition) is 1. The smallest absolute Gasteiger partial charge is 0.0772 e. The maximum atomic E-state index is 9.87. The van der Waals surface area contributed by atoms with Gasteiger partial charge in [-0.3, -0.25) is 0 Å². The predicted octanol–water partition coefficient (Wildman–Crippen LogP) is 5.81. The fraction of sp³-hybridized carbons (Fsp3) is 0.111. The SMILES string of the molecule is C[C@H](O)c1ccccc1Sc1ccc2cc(Br)ccc2c1. The Balaban J connectivity index is 1.97. The van der Waals surface area contributed by atoms with Gasteiger partial charge in [0.15, 0.2) is 0 Å². The Labute approximate surface area is 137 Å².